The molecule has 0 aliphatic carbocycles. The standard InChI is InChI=1S/C12H19N3O/c1-9-10(12(16)14-2)5-3-6-11(9)15-8-4-7-13/h3,5-6,15H,4,7-8,13H2,1-2H3,(H,14,16). The molecule has 0 aliphatic rings. The van der Waals surface area contributed by atoms with Crippen molar-refractivity contribution in [1.29, 1.82) is 0 Å². The Balaban J connectivity index is 2.82. The number of hydrogen-bond donors (Lipinski definition) is 3. The fraction of sp³-hybridized carbons (Fsp3) is 0.417. The Labute approximate surface area is 96.2 Å². The minimum Gasteiger partial charge on any atom is -0.385 e. The molecule has 0 saturated heterocycles. The van der Waals surface area contributed by atoms with Crippen molar-refractivity contribution in [1.82, 2.24) is 5.32 Å². The van der Waals surface area contributed by atoms with E-state index in [9.17, 15) is 4.79 Å². The van der Waals surface area contributed by atoms with E-state index in [1.807, 2.05) is 25.1 Å². The molecule has 0 spiro atoms. The Bertz CT molecular complexity index is 363. The summed E-state index contributed by atoms with van der Waals surface area (Å²) in [5.74, 6) is -0.0556. The highest BCUT2D eigenvalue weighted by atomic mass is 16.1. The molecule has 0 saturated carbocycles. The maximum Gasteiger partial charge on any atom is 0.251 e. The van der Waals surface area contributed by atoms with Gasteiger partial charge in [-0.1, -0.05) is 6.07 Å². The van der Waals surface area contributed by atoms with E-state index in [4.69, 9.17) is 5.73 Å². The van der Waals surface area contributed by atoms with Crippen molar-refractivity contribution >= 4 is 11.6 Å². The third-order valence-corrected chi connectivity index (χ3v) is 2.50. The Hall–Kier alpha value is -1.55. The van der Waals surface area contributed by atoms with E-state index in [-0.39, 0.29) is 5.91 Å². The van der Waals surface area contributed by atoms with Gasteiger partial charge in [0.25, 0.3) is 5.91 Å². The molecule has 0 radical (unpaired) electrons. The van der Waals surface area contributed by atoms with Gasteiger partial charge < -0.3 is 16.4 Å². The first-order chi connectivity index (χ1) is 7.70. The third-order valence-electron chi connectivity index (χ3n) is 2.50. The number of amides is 1. The van der Waals surface area contributed by atoms with E-state index >= 15 is 0 Å². The topological polar surface area (TPSA) is 67.2 Å². The SMILES string of the molecule is CNC(=O)c1cccc(NCCCN)c1C. The van der Waals surface area contributed by atoms with Gasteiger partial charge in [-0.25, -0.2) is 0 Å². The number of nitrogens with one attached hydrogen (secondary N) is 2. The highest BCUT2D eigenvalue weighted by molar-refractivity contribution is 5.96. The molecule has 4 N–H and O–H groups in total. The Morgan fingerprint density at radius 2 is 2.19 bits per heavy atom. The van der Waals surface area contributed by atoms with Crippen LogP contribution in [0.4, 0.5) is 5.69 Å². The highest BCUT2D eigenvalue weighted by Gasteiger charge is 2.09. The fourth-order valence-electron chi connectivity index (χ4n) is 1.53. The maximum atomic E-state index is 11.6. The molecule has 1 amide bonds. The highest BCUT2D eigenvalue weighted by Crippen LogP contribution is 2.18. The van der Waals surface area contributed by atoms with E-state index in [0.717, 1.165) is 24.2 Å². The molecule has 0 heterocycles. The quantitative estimate of drug-likeness (QED) is 0.653. The first-order valence-corrected chi connectivity index (χ1v) is 5.46. The Morgan fingerprint density at radius 1 is 1.44 bits per heavy atom. The van der Waals surface area contributed by atoms with Crippen LogP contribution in [0, 0.1) is 6.92 Å². The van der Waals surface area contributed by atoms with Crippen LogP contribution in [0.1, 0.15) is 22.3 Å². The molecule has 0 aliphatic heterocycles. The van der Waals surface area contributed by atoms with Crippen LogP contribution in [0.5, 0.6) is 0 Å². The van der Waals surface area contributed by atoms with Crippen molar-refractivity contribution in [2.45, 2.75) is 13.3 Å². The summed E-state index contributed by atoms with van der Waals surface area (Å²) in [5, 5.41) is 5.90. The van der Waals surface area contributed by atoms with E-state index in [0.29, 0.717) is 12.1 Å². The van der Waals surface area contributed by atoms with Crippen LogP contribution in [-0.4, -0.2) is 26.0 Å². The largest absolute Gasteiger partial charge is 0.385 e. The zero-order chi connectivity index (χ0) is 12.0. The number of rotatable bonds is 5. The van der Waals surface area contributed by atoms with Gasteiger partial charge in [0.15, 0.2) is 0 Å². The number of anilines is 1. The lowest BCUT2D eigenvalue weighted by Gasteiger charge is -2.12. The number of hydrogen-bond acceptors (Lipinski definition) is 3. The summed E-state index contributed by atoms with van der Waals surface area (Å²) >= 11 is 0. The average Bonchev–Trinajstić information content (AvgIpc) is 2.30. The van der Waals surface area contributed by atoms with Crippen LogP contribution in [0.2, 0.25) is 0 Å². The smallest absolute Gasteiger partial charge is 0.251 e. The zero-order valence-electron chi connectivity index (χ0n) is 9.84. The lowest BCUT2D eigenvalue weighted by atomic mass is 10.1. The maximum absolute atomic E-state index is 11.6. The summed E-state index contributed by atoms with van der Waals surface area (Å²) in [4.78, 5) is 11.6. The molecule has 0 bridgehead atoms. The van der Waals surface area contributed by atoms with E-state index in [1.54, 1.807) is 7.05 Å². The van der Waals surface area contributed by atoms with E-state index in [2.05, 4.69) is 10.6 Å². The van der Waals surface area contributed by atoms with Crippen molar-refractivity contribution in [2.75, 3.05) is 25.5 Å². The zero-order valence-corrected chi connectivity index (χ0v) is 9.84. The van der Waals surface area contributed by atoms with Crippen molar-refractivity contribution in [2.24, 2.45) is 5.73 Å². The first-order valence-electron chi connectivity index (χ1n) is 5.46. The minimum absolute atomic E-state index is 0.0556. The van der Waals surface area contributed by atoms with Gasteiger partial charge in [-0.2, -0.15) is 0 Å². The molecular weight excluding hydrogens is 202 g/mol. The number of nitrogens with two attached hydrogens (primary N) is 1. The third kappa shape index (κ3) is 2.97. The molecule has 0 unspecified atom stereocenters. The second-order valence-corrected chi connectivity index (χ2v) is 3.63. The van der Waals surface area contributed by atoms with Crippen molar-refractivity contribution in [3.8, 4) is 0 Å². The van der Waals surface area contributed by atoms with Gasteiger partial charge in [0.2, 0.25) is 0 Å². The predicted molar refractivity (Wildman–Crippen MR) is 66.7 cm³/mol. The van der Waals surface area contributed by atoms with Gasteiger partial charge in [0.05, 0.1) is 0 Å². The Morgan fingerprint density at radius 3 is 2.81 bits per heavy atom. The molecule has 1 rings (SSSR count). The lowest BCUT2D eigenvalue weighted by Crippen LogP contribution is -2.19. The van der Waals surface area contributed by atoms with Gasteiger partial charge in [0, 0.05) is 24.8 Å². The molecule has 16 heavy (non-hydrogen) atoms. The van der Waals surface area contributed by atoms with Crippen LogP contribution in [0.25, 0.3) is 0 Å². The van der Waals surface area contributed by atoms with Crippen LogP contribution < -0.4 is 16.4 Å². The second-order valence-electron chi connectivity index (χ2n) is 3.63. The van der Waals surface area contributed by atoms with Crippen LogP contribution >= 0.6 is 0 Å². The molecule has 0 atom stereocenters. The first kappa shape index (κ1) is 12.5. The van der Waals surface area contributed by atoms with Crippen molar-refractivity contribution in [3.63, 3.8) is 0 Å². The second kappa shape index (κ2) is 6.12. The molecule has 0 aromatic heterocycles. The number of carbonyl (C=O) groups excluding carboxylic acids is 1. The molecule has 4 nitrogen and oxygen atoms in total. The number of benzene rings is 1. The monoisotopic (exact) mass is 221 g/mol. The van der Waals surface area contributed by atoms with E-state index < -0.39 is 0 Å². The van der Waals surface area contributed by atoms with Gasteiger partial charge in [-0.3, -0.25) is 4.79 Å². The lowest BCUT2D eigenvalue weighted by molar-refractivity contribution is 0.0962. The summed E-state index contributed by atoms with van der Waals surface area (Å²) in [6.45, 7) is 3.44. The van der Waals surface area contributed by atoms with Crippen molar-refractivity contribution in [3.05, 3.63) is 29.3 Å². The molecular formula is C12H19N3O. The molecule has 0 fully saturated rings. The van der Waals surface area contributed by atoms with Gasteiger partial charge >= 0.3 is 0 Å². The summed E-state index contributed by atoms with van der Waals surface area (Å²) in [5.41, 5.74) is 8.10. The molecule has 1 aromatic carbocycles. The van der Waals surface area contributed by atoms with Crippen LogP contribution in [0.15, 0.2) is 18.2 Å². The van der Waals surface area contributed by atoms with Gasteiger partial charge in [0.1, 0.15) is 0 Å². The summed E-state index contributed by atoms with van der Waals surface area (Å²) in [6.07, 6.45) is 0.920. The number of carbonyl (C=O) groups is 1. The predicted octanol–water partition coefficient (Wildman–Crippen LogP) is 1.12. The van der Waals surface area contributed by atoms with Crippen molar-refractivity contribution < 1.29 is 4.79 Å². The van der Waals surface area contributed by atoms with Gasteiger partial charge in [-0.05, 0) is 37.6 Å². The van der Waals surface area contributed by atoms with Crippen LogP contribution in [0.3, 0.4) is 0 Å². The summed E-state index contributed by atoms with van der Waals surface area (Å²) in [6, 6.07) is 5.67. The summed E-state index contributed by atoms with van der Waals surface area (Å²) in [7, 11) is 1.64. The molecule has 4 heteroatoms. The fourth-order valence-corrected chi connectivity index (χ4v) is 1.53. The summed E-state index contributed by atoms with van der Waals surface area (Å²) < 4.78 is 0. The van der Waals surface area contributed by atoms with Crippen LogP contribution in [-0.2, 0) is 0 Å². The molecule has 88 valence electrons. The Kier molecular flexibility index (Phi) is 4.79. The average molecular weight is 221 g/mol. The normalized spacial score (nSPS) is 9.94. The van der Waals surface area contributed by atoms with E-state index in [1.165, 1.54) is 0 Å². The molecule has 1 aromatic rings. The minimum atomic E-state index is -0.0556. The van der Waals surface area contributed by atoms with Gasteiger partial charge in [-0.15, -0.1) is 0 Å².